The van der Waals surface area contributed by atoms with Crippen LogP contribution in [0, 0.1) is 6.92 Å². The van der Waals surface area contributed by atoms with Crippen molar-refractivity contribution in [3.05, 3.63) is 28.8 Å². The Labute approximate surface area is 138 Å². The first-order chi connectivity index (χ1) is 10.7. The minimum Gasteiger partial charge on any atom is -0.508 e. The molecule has 3 N–H and O–H groups in total. The van der Waals surface area contributed by atoms with Crippen molar-refractivity contribution < 1.29 is 14.6 Å². The van der Waals surface area contributed by atoms with Gasteiger partial charge in [-0.25, -0.2) is 4.79 Å². The summed E-state index contributed by atoms with van der Waals surface area (Å²) in [7, 11) is 0. The highest BCUT2D eigenvalue weighted by atomic mass is 16.6. The Kier molecular flexibility index (Phi) is 5.19. The Bertz CT molecular complexity index is 578. The van der Waals surface area contributed by atoms with E-state index >= 15 is 0 Å². The van der Waals surface area contributed by atoms with Crippen LogP contribution in [0.5, 0.6) is 5.75 Å². The number of benzene rings is 1. The monoisotopic (exact) mass is 320 g/mol. The van der Waals surface area contributed by atoms with Gasteiger partial charge >= 0.3 is 6.09 Å². The van der Waals surface area contributed by atoms with Crippen LogP contribution in [0.3, 0.4) is 0 Å². The molecule has 0 aromatic heterocycles. The van der Waals surface area contributed by atoms with Gasteiger partial charge < -0.3 is 20.5 Å². The minimum absolute atomic E-state index is 0.125. The highest BCUT2D eigenvalue weighted by Crippen LogP contribution is 2.45. The van der Waals surface area contributed by atoms with Crippen molar-refractivity contribution in [2.24, 2.45) is 0 Å². The molecular formula is C18H28N2O3. The van der Waals surface area contributed by atoms with Gasteiger partial charge in [-0.05, 0) is 57.2 Å². The average molecular weight is 320 g/mol. The number of carbonyl (C=O) groups is 1. The van der Waals surface area contributed by atoms with Crippen LogP contribution in [0.25, 0.3) is 0 Å². The molecule has 1 amide bonds. The maximum Gasteiger partial charge on any atom is 0.407 e. The molecule has 0 saturated heterocycles. The molecule has 2 atom stereocenters. The van der Waals surface area contributed by atoms with Gasteiger partial charge in [0, 0.05) is 24.7 Å². The van der Waals surface area contributed by atoms with Gasteiger partial charge in [-0.1, -0.05) is 13.0 Å². The van der Waals surface area contributed by atoms with Gasteiger partial charge in [-0.2, -0.15) is 0 Å². The first-order valence-electron chi connectivity index (χ1n) is 8.21. The predicted octanol–water partition coefficient (Wildman–Crippen LogP) is 3.36. The number of phenols is 1. The molecular weight excluding hydrogens is 292 g/mol. The summed E-state index contributed by atoms with van der Waals surface area (Å²) in [5.41, 5.74) is 3.00. The van der Waals surface area contributed by atoms with Crippen molar-refractivity contribution >= 4 is 6.09 Å². The van der Waals surface area contributed by atoms with Gasteiger partial charge in [0.1, 0.15) is 11.4 Å². The summed E-state index contributed by atoms with van der Waals surface area (Å²) in [5.74, 6) is 0.779. The van der Waals surface area contributed by atoms with Crippen LogP contribution in [0.4, 0.5) is 4.79 Å². The van der Waals surface area contributed by atoms with Gasteiger partial charge in [0.2, 0.25) is 0 Å². The molecule has 2 rings (SSSR count). The lowest BCUT2D eigenvalue weighted by molar-refractivity contribution is 0.0528. The van der Waals surface area contributed by atoms with Crippen LogP contribution < -0.4 is 10.6 Å². The fraction of sp³-hybridized carbons (Fsp3) is 0.611. The number of carbonyl (C=O) groups excluding carboxylic acids is 1. The van der Waals surface area contributed by atoms with E-state index in [1.165, 1.54) is 11.1 Å². The van der Waals surface area contributed by atoms with Crippen molar-refractivity contribution in [1.82, 2.24) is 10.6 Å². The molecule has 0 fully saturated rings. The van der Waals surface area contributed by atoms with E-state index in [0.717, 1.165) is 12.0 Å². The number of hydrogen-bond acceptors (Lipinski definition) is 4. The molecule has 2 unspecified atom stereocenters. The zero-order chi connectivity index (χ0) is 17.2. The fourth-order valence-corrected chi connectivity index (χ4v) is 3.25. The second-order valence-corrected chi connectivity index (χ2v) is 7.30. The van der Waals surface area contributed by atoms with E-state index < -0.39 is 11.7 Å². The topological polar surface area (TPSA) is 70.6 Å². The van der Waals surface area contributed by atoms with Crippen molar-refractivity contribution in [2.75, 3.05) is 13.1 Å². The number of amides is 1. The molecule has 0 heterocycles. The summed E-state index contributed by atoms with van der Waals surface area (Å²) in [5, 5.41) is 16.3. The predicted molar refractivity (Wildman–Crippen MR) is 90.9 cm³/mol. The third-order valence-corrected chi connectivity index (χ3v) is 4.10. The van der Waals surface area contributed by atoms with E-state index in [4.69, 9.17) is 4.74 Å². The maximum atomic E-state index is 11.6. The first kappa shape index (κ1) is 17.6. The lowest BCUT2D eigenvalue weighted by atomic mass is 9.97. The number of ether oxygens (including phenoxy) is 1. The Morgan fingerprint density at radius 2 is 2.00 bits per heavy atom. The minimum atomic E-state index is -0.485. The van der Waals surface area contributed by atoms with Crippen molar-refractivity contribution in [3.8, 4) is 5.75 Å². The summed E-state index contributed by atoms with van der Waals surface area (Å²) >= 11 is 0. The molecule has 1 aromatic carbocycles. The first-order valence-corrected chi connectivity index (χ1v) is 8.21. The van der Waals surface area contributed by atoms with Gasteiger partial charge in [0.05, 0.1) is 0 Å². The molecule has 1 aliphatic carbocycles. The molecule has 1 aliphatic rings. The Balaban J connectivity index is 1.87. The number of nitrogens with one attached hydrogen (secondary N) is 2. The number of hydrogen-bond donors (Lipinski definition) is 3. The molecule has 5 nitrogen and oxygen atoms in total. The molecule has 0 spiro atoms. The number of alkyl carbamates (subject to hydrolysis) is 1. The zero-order valence-corrected chi connectivity index (χ0v) is 14.7. The molecule has 0 radical (unpaired) electrons. The Hall–Kier alpha value is -1.75. The summed E-state index contributed by atoms with van der Waals surface area (Å²) < 4.78 is 5.20. The van der Waals surface area contributed by atoms with Gasteiger partial charge in [0.15, 0.2) is 0 Å². The van der Waals surface area contributed by atoms with Crippen LogP contribution in [-0.2, 0) is 4.74 Å². The largest absolute Gasteiger partial charge is 0.508 e. The van der Waals surface area contributed by atoms with E-state index in [-0.39, 0.29) is 6.04 Å². The molecule has 5 heteroatoms. The SMILES string of the molecule is Cc1ccc(O)c2c1C(C)CC2NCCNC(=O)OC(C)(C)C. The van der Waals surface area contributed by atoms with Crippen molar-refractivity contribution in [1.29, 1.82) is 0 Å². The average Bonchev–Trinajstić information content (AvgIpc) is 2.75. The summed E-state index contributed by atoms with van der Waals surface area (Å²) in [6.07, 6.45) is 0.554. The van der Waals surface area contributed by atoms with Gasteiger partial charge in [0.25, 0.3) is 0 Å². The fourth-order valence-electron chi connectivity index (χ4n) is 3.25. The standard InChI is InChI=1S/C18H28N2O3/c1-11-6-7-14(21)16-13(10-12(2)15(11)16)19-8-9-20-17(22)23-18(3,4)5/h6-7,12-13,19,21H,8-10H2,1-5H3,(H,20,22). The van der Waals surface area contributed by atoms with Crippen molar-refractivity contribution in [3.63, 3.8) is 0 Å². The van der Waals surface area contributed by atoms with E-state index in [9.17, 15) is 9.90 Å². The van der Waals surface area contributed by atoms with Gasteiger partial charge in [-0.3, -0.25) is 0 Å². The number of phenolic OH excluding ortho intramolecular Hbond substituents is 1. The Morgan fingerprint density at radius 1 is 1.30 bits per heavy atom. The van der Waals surface area contributed by atoms with E-state index in [2.05, 4.69) is 24.5 Å². The molecule has 23 heavy (non-hydrogen) atoms. The summed E-state index contributed by atoms with van der Waals surface area (Å²) in [6, 6.07) is 3.86. The Morgan fingerprint density at radius 3 is 2.65 bits per heavy atom. The van der Waals surface area contributed by atoms with Crippen molar-refractivity contribution in [2.45, 2.75) is 58.6 Å². The summed E-state index contributed by atoms with van der Waals surface area (Å²) in [6.45, 7) is 10.9. The molecule has 0 saturated carbocycles. The quantitative estimate of drug-likeness (QED) is 0.744. The second kappa shape index (κ2) is 6.79. The normalized spacial score (nSPS) is 20.2. The highest BCUT2D eigenvalue weighted by molar-refractivity contribution is 5.67. The lowest BCUT2D eigenvalue weighted by Crippen LogP contribution is -2.37. The van der Waals surface area contributed by atoms with Crippen LogP contribution in [0.2, 0.25) is 0 Å². The van der Waals surface area contributed by atoms with Crippen LogP contribution in [0.15, 0.2) is 12.1 Å². The zero-order valence-electron chi connectivity index (χ0n) is 14.7. The van der Waals surface area contributed by atoms with Crippen LogP contribution in [0.1, 0.15) is 62.8 Å². The second-order valence-electron chi connectivity index (χ2n) is 7.30. The van der Waals surface area contributed by atoms with E-state index in [1.807, 2.05) is 26.8 Å². The van der Waals surface area contributed by atoms with E-state index in [0.29, 0.717) is 24.8 Å². The lowest BCUT2D eigenvalue weighted by Gasteiger charge is -2.20. The number of fused-ring (bicyclic) bond motifs is 1. The van der Waals surface area contributed by atoms with Crippen LogP contribution in [-0.4, -0.2) is 29.9 Å². The third kappa shape index (κ3) is 4.38. The molecule has 0 aliphatic heterocycles. The maximum absolute atomic E-state index is 11.6. The number of aromatic hydroxyl groups is 1. The third-order valence-electron chi connectivity index (χ3n) is 4.10. The number of rotatable bonds is 4. The highest BCUT2D eigenvalue weighted by Gasteiger charge is 2.31. The molecule has 1 aromatic rings. The molecule has 128 valence electrons. The molecule has 0 bridgehead atoms. The number of aryl methyl sites for hydroxylation is 1. The van der Waals surface area contributed by atoms with Crippen LogP contribution >= 0.6 is 0 Å². The van der Waals surface area contributed by atoms with E-state index in [1.54, 1.807) is 6.07 Å². The van der Waals surface area contributed by atoms with Gasteiger partial charge in [-0.15, -0.1) is 0 Å². The summed E-state index contributed by atoms with van der Waals surface area (Å²) in [4.78, 5) is 11.6. The smallest absolute Gasteiger partial charge is 0.407 e.